The van der Waals surface area contributed by atoms with Gasteiger partial charge in [0.2, 0.25) is 0 Å². The third-order valence-corrected chi connectivity index (χ3v) is 5.95. The monoisotopic (exact) mass is 409 g/mol. The lowest BCUT2D eigenvalue weighted by molar-refractivity contribution is 0.187. The molecule has 2 aromatic rings. The topological polar surface area (TPSA) is 18.8 Å². The van der Waals surface area contributed by atoms with E-state index >= 15 is 0 Å². The molecule has 1 aliphatic carbocycles. The van der Waals surface area contributed by atoms with Crippen LogP contribution >= 0.6 is 0 Å². The Morgan fingerprint density at radius 2 is 1.87 bits per heavy atom. The highest BCUT2D eigenvalue weighted by Crippen LogP contribution is 2.44. The first-order chi connectivity index (χ1) is 14.5. The molecule has 0 spiro atoms. The van der Waals surface area contributed by atoms with Crippen molar-refractivity contribution >= 4 is 11.8 Å². The summed E-state index contributed by atoms with van der Waals surface area (Å²) in [6.07, 6.45) is 6.09. The molecule has 1 aliphatic heterocycles. The van der Waals surface area contributed by atoms with Crippen molar-refractivity contribution in [2.75, 3.05) is 27.2 Å². The second kappa shape index (κ2) is 9.09. The van der Waals surface area contributed by atoms with E-state index in [1.165, 1.54) is 17.7 Å². The Morgan fingerprint density at radius 1 is 1.10 bits per heavy atom. The Morgan fingerprint density at radius 3 is 2.60 bits per heavy atom. The first kappa shape index (κ1) is 20.7. The quantitative estimate of drug-likeness (QED) is 0.626. The Hall–Kier alpha value is -2.53. The van der Waals surface area contributed by atoms with Crippen molar-refractivity contribution in [3.8, 4) is 0 Å². The third kappa shape index (κ3) is 4.62. The molecule has 2 aromatic carbocycles. The van der Waals surface area contributed by atoms with Gasteiger partial charge in [-0.25, -0.2) is 8.78 Å². The minimum atomic E-state index is -0.229. The van der Waals surface area contributed by atoms with Crippen LogP contribution in [0.2, 0.25) is 0 Å². The highest BCUT2D eigenvalue weighted by atomic mass is 19.1. The Balaban J connectivity index is 1.66. The predicted molar refractivity (Wildman–Crippen MR) is 118 cm³/mol. The maximum absolute atomic E-state index is 14.0. The van der Waals surface area contributed by atoms with Gasteiger partial charge in [-0.15, -0.1) is 0 Å². The largest absolute Gasteiger partial charge is 0.309 e. The van der Waals surface area contributed by atoms with E-state index < -0.39 is 0 Å². The molecule has 1 saturated carbocycles. The number of nitrogens with zero attached hydrogens (tertiary/aromatic N) is 3. The van der Waals surface area contributed by atoms with Gasteiger partial charge in [0.05, 0.1) is 11.8 Å². The molecule has 0 amide bonds. The molecule has 0 bridgehead atoms. The van der Waals surface area contributed by atoms with Crippen LogP contribution in [0.15, 0.2) is 59.2 Å². The number of allylic oxidation sites excluding steroid dienone is 1. The molecule has 158 valence electrons. The summed E-state index contributed by atoms with van der Waals surface area (Å²) in [5.41, 5.74) is 4.11. The smallest absolute Gasteiger partial charge is 0.123 e. The van der Waals surface area contributed by atoms with E-state index in [0.29, 0.717) is 0 Å². The first-order valence-corrected chi connectivity index (χ1v) is 10.7. The number of fused-ring (bicyclic) bond motifs is 1. The van der Waals surface area contributed by atoms with Gasteiger partial charge < -0.3 is 4.90 Å². The molecule has 4 rings (SSSR count). The average Bonchev–Trinajstić information content (AvgIpc) is 3.07. The fourth-order valence-electron chi connectivity index (χ4n) is 4.65. The normalized spacial score (nSPS) is 22.5. The second-order valence-electron chi connectivity index (χ2n) is 8.53. The standard InChI is InChI=1S/C25H29F2N3/c1-29(2)13-6-14-30-25(20-9-4-11-22(27)17-20)23-12-5-8-19(24(23)28-30)15-18-7-3-10-21(26)16-18/h3-4,7,9-11,15-17,23,25H,5-6,8,12-14H2,1-2H3/b19-15-. The highest BCUT2D eigenvalue weighted by Gasteiger charge is 2.41. The zero-order valence-electron chi connectivity index (χ0n) is 17.7. The van der Waals surface area contributed by atoms with Crippen LogP contribution in [-0.2, 0) is 0 Å². The van der Waals surface area contributed by atoms with E-state index in [2.05, 4.69) is 30.1 Å². The zero-order valence-corrected chi connectivity index (χ0v) is 17.7. The van der Waals surface area contributed by atoms with Crippen LogP contribution in [0, 0.1) is 17.6 Å². The minimum Gasteiger partial charge on any atom is -0.309 e. The lowest BCUT2D eigenvalue weighted by Crippen LogP contribution is -2.29. The SMILES string of the molecule is CN(C)CCCN1N=C2/C(=C\c3cccc(F)c3)CCCC2C1c1cccc(F)c1. The van der Waals surface area contributed by atoms with Gasteiger partial charge >= 0.3 is 0 Å². The Labute approximate surface area is 177 Å². The first-order valence-electron chi connectivity index (χ1n) is 10.7. The van der Waals surface area contributed by atoms with Crippen molar-refractivity contribution in [2.24, 2.45) is 11.0 Å². The molecule has 0 radical (unpaired) electrons. The molecule has 0 aromatic heterocycles. The van der Waals surface area contributed by atoms with Gasteiger partial charge in [0.1, 0.15) is 11.6 Å². The van der Waals surface area contributed by atoms with Crippen molar-refractivity contribution in [1.82, 2.24) is 9.91 Å². The molecule has 5 heteroatoms. The number of benzene rings is 2. The summed E-state index contributed by atoms with van der Waals surface area (Å²) in [7, 11) is 4.14. The summed E-state index contributed by atoms with van der Waals surface area (Å²) in [6.45, 7) is 1.81. The summed E-state index contributed by atoms with van der Waals surface area (Å²) in [4.78, 5) is 2.17. The maximum atomic E-state index is 14.0. The van der Waals surface area contributed by atoms with Gasteiger partial charge in [-0.1, -0.05) is 24.3 Å². The van der Waals surface area contributed by atoms with Crippen LogP contribution in [0.25, 0.3) is 6.08 Å². The van der Waals surface area contributed by atoms with Crippen molar-refractivity contribution in [3.63, 3.8) is 0 Å². The van der Waals surface area contributed by atoms with Crippen molar-refractivity contribution in [2.45, 2.75) is 31.7 Å². The lowest BCUT2D eigenvalue weighted by atomic mass is 9.77. The molecular formula is C25H29F2N3. The number of hydrazone groups is 1. The summed E-state index contributed by atoms with van der Waals surface area (Å²) in [5.74, 6) is -0.201. The second-order valence-corrected chi connectivity index (χ2v) is 8.53. The van der Waals surface area contributed by atoms with E-state index in [-0.39, 0.29) is 23.6 Å². The molecule has 2 unspecified atom stereocenters. The number of hydrogen-bond acceptors (Lipinski definition) is 3. The number of hydrogen-bond donors (Lipinski definition) is 0. The predicted octanol–water partition coefficient (Wildman–Crippen LogP) is 5.51. The molecule has 30 heavy (non-hydrogen) atoms. The number of halogens is 2. The molecule has 1 fully saturated rings. The fraction of sp³-hybridized carbons (Fsp3) is 0.400. The van der Waals surface area contributed by atoms with Crippen LogP contribution in [0.4, 0.5) is 8.78 Å². The molecule has 0 N–H and O–H groups in total. The van der Waals surface area contributed by atoms with Crippen LogP contribution in [0.5, 0.6) is 0 Å². The summed E-state index contributed by atoms with van der Waals surface area (Å²) >= 11 is 0. The van der Waals surface area contributed by atoms with Gasteiger partial charge in [-0.05, 0) is 93.4 Å². The van der Waals surface area contributed by atoms with Crippen LogP contribution in [-0.4, -0.2) is 42.8 Å². The van der Waals surface area contributed by atoms with E-state index in [0.717, 1.165) is 55.6 Å². The highest BCUT2D eigenvalue weighted by molar-refractivity contribution is 6.07. The van der Waals surface area contributed by atoms with Gasteiger partial charge in [0.25, 0.3) is 0 Å². The van der Waals surface area contributed by atoms with Crippen molar-refractivity contribution < 1.29 is 8.78 Å². The van der Waals surface area contributed by atoms with Gasteiger partial charge in [0, 0.05) is 12.5 Å². The van der Waals surface area contributed by atoms with Crippen LogP contribution in [0.1, 0.15) is 42.9 Å². The van der Waals surface area contributed by atoms with E-state index in [4.69, 9.17) is 5.10 Å². The van der Waals surface area contributed by atoms with E-state index in [1.54, 1.807) is 24.3 Å². The van der Waals surface area contributed by atoms with Crippen LogP contribution in [0.3, 0.4) is 0 Å². The van der Waals surface area contributed by atoms with E-state index in [1.807, 2.05) is 12.1 Å². The summed E-state index contributed by atoms with van der Waals surface area (Å²) in [5, 5.41) is 7.20. The molecule has 2 aliphatic rings. The molecule has 3 nitrogen and oxygen atoms in total. The molecule has 1 heterocycles. The molecule has 2 atom stereocenters. The van der Waals surface area contributed by atoms with Gasteiger partial charge in [0.15, 0.2) is 0 Å². The fourth-order valence-corrected chi connectivity index (χ4v) is 4.65. The minimum absolute atomic E-state index is 0.0501. The van der Waals surface area contributed by atoms with Crippen molar-refractivity contribution in [1.29, 1.82) is 0 Å². The Bertz CT molecular complexity index is 951. The maximum Gasteiger partial charge on any atom is 0.123 e. The van der Waals surface area contributed by atoms with E-state index in [9.17, 15) is 8.78 Å². The van der Waals surface area contributed by atoms with Crippen molar-refractivity contribution in [3.05, 3.63) is 76.9 Å². The third-order valence-electron chi connectivity index (χ3n) is 5.95. The number of rotatable bonds is 6. The average molecular weight is 410 g/mol. The summed E-state index contributed by atoms with van der Waals surface area (Å²) < 4.78 is 27.7. The lowest BCUT2D eigenvalue weighted by Gasteiger charge is -2.31. The molecular weight excluding hydrogens is 380 g/mol. The Kier molecular flexibility index (Phi) is 6.28. The summed E-state index contributed by atoms with van der Waals surface area (Å²) in [6, 6.07) is 13.7. The van der Waals surface area contributed by atoms with Crippen LogP contribution < -0.4 is 0 Å². The molecule has 0 saturated heterocycles. The van der Waals surface area contributed by atoms with Gasteiger partial charge in [-0.3, -0.25) is 5.01 Å². The zero-order chi connectivity index (χ0) is 21.1. The van der Waals surface area contributed by atoms with Gasteiger partial charge in [-0.2, -0.15) is 5.10 Å².